The van der Waals surface area contributed by atoms with Gasteiger partial charge in [-0.25, -0.2) is 0 Å². The van der Waals surface area contributed by atoms with E-state index in [1.807, 2.05) is 34.6 Å². The van der Waals surface area contributed by atoms with E-state index in [0.29, 0.717) is 33.0 Å². The van der Waals surface area contributed by atoms with E-state index in [0.717, 1.165) is 12.8 Å². The second-order valence-corrected chi connectivity index (χ2v) is 10.5. The number of hydrogen-bond donors (Lipinski definition) is 0. The summed E-state index contributed by atoms with van der Waals surface area (Å²) in [5.74, 6) is 0. The predicted molar refractivity (Wildman–Crippen MR) is 99.6 cm³/mol. The van der Waals surface area contributed by atoms with Crippen molar-refractivity contribution in [1.82, 2.24) is 0 Å². The number of rotatable bonds is 15. The molecule has 0 aliphatic heterocycles. The fourth-order valence-corrected chi connectivity index (χ4v) is 9.81. The molecule has 0 fully saturated rings. The maximum atomic E-state index is 13.2. The van der Waals surface area contributed by atoms with Crippen LogP contribution >= 0.6 is 7.60 Å². The van der Waals surface area contributed by atoms with E-state index in [4.69, 9.17) is 22.3 Å². The SMILES string of the molecule is CCO[Si](OCC)(OCC)C(CC)(CC)CP(=O)(OCC)OCC. The fraction of sp³-hybridized carbons (Fsp3) is 1.00. The van der Waals surface area contributed by atoms with Crippen molar-refractivity contribution in [3.8, 4) is 0 Å². The summed E-state index contributed by atoms with van der Waals surface area (Å²) in [5.41, 5.74) is 0. The third kappa shape index (κ3) is 5.90. The van der Waals surface area contributed by atoms with Gasteiger partial charge in [-0.05, 0) is 47.5 Å². The highest BCUT2D eigenvalue weighted by atomic mass is 31.2. The third-order valence-electron chi connectivity index (χ3n) is 4.15. The molecule has 0 rings (SSSR count). The maximum Gasteiger partial charge on any atom is 0.508 e. The van der Waals surface area contributed by atoms with E-state index >= 15 is 0 Å². The lowest BCUT2D eigenvalue weighted by atomic mass is 10.1. The van der Waals surface area contributed by atoms with Crippen molar-refractivity contribution in [2.75, 3.05) is 39.2 Å². The first-order valence-corrected chi connectivity index (χ1v) is 12.6. The topological polar surface area (TPSA) is 63.2 Å². The molecule has 0 atom stereocenters. The Morgan fingerprint density at radius 3 is 1.33 bits per heavy atom. The van der Waals surface area contributed by atoms with Crippen LogP contribution in [0.4, 0.5) is 0 Å². The van der Waals surface area contributed by atoms with Crippen molar-refractivity contribution < 1.29 is 26.9 Å². The molecule has 146 valence electrons. The highest BCUT2D eigenvalue weighted by Crippen LogP contribution is 2.60. The van der Waals surface area contributed by atoms with Crippen LogP contribution in [0.5, 0.6) is 0 Å². The monoisotopic (exact) mass is 384 g/mol. The van der Waals surface area contributed by atoms with Crippen LogP contribution in [0.3, 0.4) is 0 Å². The molecule has 0 aliphatic carbocycles. The van der Waals surface area contributed by atoms with E-state index in [9.17, 15) is 4.57 Å². The van der Waals surface area contributed by atoms with Crippen LogP contribution in [0.25, 0.3) is 0 Å². The predicted octanol–water partition coefficient (Wildman–Crippen LogP) is 4.86. The Bertz CT molecular complexity index is 349. The molecule has 0 spiro atoms. The Morgan fingerprint density at radius 1 is 0.708 bits per heavy atom. The van der Waals surface area contributed by atoms with Crippen LogP contribution in [0.1, 0.15) is 61.3 Å². The summed E-state index contributed by atoms with van der Waals surface area (Å²) in [6.45, 7) is 15.7. The van der Waals surface area contributed by atoms with Crippen LogP contribution in [0.2, 0.25) is 5.04 Å². The van der Waals surface area contributed by atoms with Crippen molar-refractivity contribution in [2.24, 2.45) is 0 Å². The maximum absolute atomic E-state index is 13.2. The van der Waals surface area contributed by atoms with Crippen LogP contribution in [-0.2, 0) is 26.9 Å². The molecule has 8 heteroatoms. The summed E-state index contributed by atoms with van der Waals surface area (Å²) in [6.07, 6.45) is 1.70. The lowest BCUT2D eigenvalue weighted by Crippen LogP contribution is -2.58. The molecule has 0 aliphatic rings. The van der Waals surface area contributed by atoms with E-state index in [1.165, 1.54) is 0 Å². The zero-order valence-electron chi connectivity index (χ0n) is 16.6. The Morgan fingerprint density at radius 2 is 1.08 bits per heavy atom. The molecule has 0 aromatic carbocycles. The zero-order chi connectivity index (χ0) is 18.7. The molecule has 0 aromatic rings. The minimum atomic E-state index is -3.25. The van der Waals surface area contributed by atoms with Gasteiger partial charge in [0.2, 0.25) is 0 Å². The molecule has 0 heterocycles. The molecular weight excluding hydrogens is 347 g/mol. The van der Waals surface area contributed by atoms with Gasteiger partial charge < -0.3 is 22.3 Å². The Hall–Kier alpha value is 0.247. The first kappa shape index (κ1) is 24.2. The Labute approximate surface area is 149 Å². The van der Waals surface area contributed by atoms with Gasteiger partial charge in [-0.2, -0.15) is 0 Å². The summed E-state index contributed by atoms with van der Waals surface area (Å²) in [5, 5.41) is -0.505. The molecule has 0 saturated carbocycles. The van der Waals surface area contributed by atoms with Crippen molar-refractivity contribution in [1.29, 1.82) is 0 Å². The molecule has 0 amide bonds. The quantitative estimate of drug-likeness (QED) is 0.297. The molecule has 0 radical (unpaired) electrons. The minimum Gasteiger partial charge on any atom is -0.373 e. The van der Waals surface area contributed by atoms with Gasteiger partial charge in [-0.1, -0.05) is 13.8 Å². The molecule has 24 heavy (non-hydrogen) atoms. The van der Waals surface area contributed by atoms with Gasteiger partial charge in [0, 0.05) is 19.8 Å². The molecule has 0 saturated heterocycles. The van der Waals surface area contributed by atoms with E-state index < -0.39 is 21.4 Å². The summed E-state index contributed by atoms with van der Waals surface area (Å²) in [7, 11) is -6.32. The Kier molecular flexibility index (Phi) is 11.9. The van der Waals surface area contributed by atoms with Gasteiger partial charge in [-0.15, -0.1) is 0 Å². The molecule has 0 N–H and O–H groups in total. The van der Waals surface area contributed by atoms with E-state index in [2.05, 4.69) is 13.8 Å². The van der Waals surface area contributed by atoms with E-state index in [-0.39, 0.29) is 6.16 Å². The molecule has 0 bridgehead atoms. The van der Waals surface area contributed by atoms with Crippen molar-refractivity contribution in [2.45, 2.75) is 66.3 Å². The molecule has 6 nitrogen and oxygen atoms in total. The van der Waals surface area contributed by atoms with Gasteiger partial charge in [0.15, 0.2) is 0 Å². The normalized spacial score (nSPS) is 13.5. The molecule has 0 unspecified atom stereocenters. The summed E-state index contributed by atoms with van der Waals surface area (Å²) < 4.78 is 42.7. The van der Waals surface area contributed by atoms with Gasteiger partial charge >= 0.3 is 16.4 Å². The van der Waals surface area contributed by atoms with Crippen molar-refractivity contribution >= 4 is 16.4 Å². The third-order valence-corrected chi connectivity index (χ3v) is 10.9. The fourth-order valence-electron chi connectivity index (χ4n) is 3.05. The first-order valence-electron chi connectivity index (χ1n) is 9.18. The average molecular weight is 385 g/mol. The highest BCUT2D eigenvalue weighted by molar-refractivity contribution is 7.54. The second-order valence-electron chi connectivity index (χ2n) is 5.45. The highest BCUT2D eigenvalue weighted by Gasteiger charge is 2.61. The Balaban J connectivity index is 5.98. The van der Waals surface area contributed by atoms with Crippen molar-refractivity contribution in [3.63, 3.8) is 0 Å². The summed E-state index contributed by atoms with van der Waals surface area (Å²) in [4.78, 5) is 0. The van der Waals surface area contributed by atoms with Crippen LogP contribution in [0.15, 0.2) is 0 Å². The molecule has 0 aromatic heterocycles. The van der Waals surface area contributed by atoms with Gasteiger partial charge in [0.05, 0.1) is 24.4 Å². The van der Waals surface area contributed by atoms with Crippen LogP contribution in [-0.4, -0.2) is 48.0 Å². The number of hydrogen-bond acceptors (Lipinski definition) is 6. The van der Waals surface area contributed by atoms with Gasteiger partial charge in [0.1, 0.15) is 0 Å². The van der Waals surface area contributed by atoms with Gasteiger partial charge in [-0.3, -0.25) is 4.57 Å². The minimum absolute atomic E-state index is 0.251. The van der Waals surface area contributed by atoms with Gasteiger partial charge in [0.25, 0.3) is 0 Å². The largest absolute Gasteiger partial charge is 0.508 e. The average Bonchev–Trinajstić information content (AvgIpc) is 2.53. The summed E-state index contributed by atoms with van der Waals surface area (Å²) >= 11 is 0. The van der Waals surface area contributed by atoms with E-state index in [1.54, 1.807) is 0 Å². The standard InChI is InChI=1S/C16H37O6PSi/c1-8-16(9-2,15-23(17,18-10-3)19-11-4)24(20-12-5,21-13-6)22-14-7/h8-15H2,1-7H3. The molecular formula is C16H37O6PSi. The second kappa shape index (κ2) is 11.8. The summed E-state index contributed by atoms with van der Waals surface area (Å²) in [6, 6.07) is 0. The first-order chi connectivity index (χ1) is 11.4. The lowest BCUT2D eigenvalue weighted by Gasteiger charge is -2.45. The zero-order valence-corrected chi connectivity index (χ0v) is 18.4. The van der Waals surface area contributed by atoms with Crippen molar-refractivity contribution in [3.05, 3.63) is 0 Å². The van der Waals surface area contributed by atoms with Crippen LogP contribution < -0.4 is 0 Å². The van der Waals surface area contributed by atoms with Crippen LogP contribution in [0, 0.1) is 0 Å². The lowest BCUT2D eigenvalue weighted by molar-refractivity contribution is 0.0423. The smallest absolute Gasteiger partial charge is 0.373 e.